The molecule has 0 fully saturated rings. The zero-order valence-electron chi connectivity index (χ0n) is 71.9. The van der Waals surface area contributed by atoms with Crippen LogP contribution >= 0.6 is 0 Å². The highest BCUT2D eigenvalue weighted by Crippen LogP contribution is 2.24. The SMILES string of the molecule is COC(=O)CCCNC(=O)C(CC(C)C)N(CCCC(=O)N(CCCC(=O)N(CCCC(=O)OCc1ccccc1)C(CC(C)C)C(=O)NCCCC(=O)OCc1ccccc1)C(CC(C)C)C(=O)NCCCC(=O)N(CCCC(=O)OCc1ccccc1)C(CC(C)C)C(=O)NCCCC(=O)OCc1ccccc1)C(=O)CCCC(=O)OC. The summed E-state index contributed by atoms with van der Waals surface area (Å²) in [6.07, 6.45) is 0.826. The number of nitrogens with zero attached hydrogens (tertiary/aromatic N) is 4. The molecule has 0 saturated carbocycles. The van der Waals surface area contributed by atoms with Crippen LogP contribution in [0.2, 0.25) is 0 Å². The van der Waals surface area contributed by atoms with Crippen molar-refractivity contribution in [3.8, 4) is 0 Å². The number of rotatable bonds is 60. The highest BCUT2D eigenvalue weighted by Gasteiger charge is 2.36. The number of hydrogen-bond donors (Lipinski definition) is 4. The summed E-state index contributed by atoms with van der Waals surface area (Å²) in [7, 11) is 2.49. The fraction of sp³-hybridized carbons (Fsp3) is 0.582. The molecule has 28 heteroatoms. The Kier molecular flexibility index (Phi) is 49.4. The van der Waals surface area contributed by atoms with E-state index in [1.165, 1.54) is 33.8 Å². The second-order valence-corrected chi connectivity index (χ2v) is 31.5. The van der Waals surface area contributed by atoms with E-state index in [-0.39, 0.29) is 250 Å². The monoisotopic (exact) mass is 1660 g/mol. The second-order valence-electron chi connectivity index (χ2n) is 31.5. The number of carbonyl (C=O) groups excluding carboxylic acids is 14. The van der Waals surface area contributed by atoms with Crippen molar-refractivity contribution >= 4 is 83.1 Å². The Labute approximate surface area is 703 Å². The van der Waals surface area contributed by atoms with Crippen LogP contribution < -0.4 is 21.3 Å². The Bertz CT molecular complexity index is 3730. The molecule has 656 valence electrons. The first-order valence-electron chi connectivity index (χ1n) is 42.3. The van der Waals surface area contributed by atoms with Crippen LogP contribution in [0.3, 0.4) is 0 Å². The summed E-state index contributed by atoms with van der Waals surface area (Å²) in [4.78, 5) is 200. The van der Waals surface area contributed by atoms with E-state index in [1.54, 1.807) is 0 Å². The number of nitrogens with one attached hydrogen (secondary N) is 4. The zero-order valence-corrected chi connectivity index (χ0v) is 71.9. The van der Waals surface area contributed by atoms with Gasteiger partial charge in [-0.1, -0.05) is 177 Å². The highest BCUT2D eigenvalue weighted by atomic mass is 16.5. The molecule has 0 heterocycles. The van der Waals surface area contributed by atoms with E-state index in [0.717, 1.165) is 22.3 Å². The number of ether oxygens (including phenoxy) is 6. The van der Waals surface area contributed by atoms with Gasteiger partial charge >= 0.3 is 35.8 Å². The second kappa shape index (κ2) is 58.4. The number of carbonyl (C=O) groups is 14. The van der Waals surface area contributed by atoms with Crippen LogP contribution in [-0.2, 0) is 122 Å². The first-order valence-corrected chi connectivity index (χ1v) is 42.3. The highest BCUT2D eigenvalue weighted by molar-refractivity contribution is 5.91. The summed E-state index contributed by atoms with van der Waals surface area (Å²) in [5, 5.41) is 11.7. The van der Waals surface area contributed by atoms with Crippen LogP contribution in [0.4, 0.5) is 0 Å². The molecule has 0 radical (unpaired) electrons. The van der Waals surface area contributed by atoms with E-state index in [9.17, 15) is 52.7 Å². The molecule has 0 aliphatic rings. The lowest BCUT2D eigenvalue weighted by atomic mass is 9.99. The molecule has 4 aromatic rings. The van der Waals surface area contributed by atoms with Crippen molar-refractivity contribution in [2.45, 2.75) is 254 Å². The molecule has 4 N–H and O–H groups in total. The van der Waals surface area contributed by atoms with Crippen molar-refractivity contribution in [3.05, 3.63) is 144 Å². The molecule has 4 atom stereocenters. The Hall–Kier alpha value is -10.5. The van der Waals surface area contributed by atoms with Gasteiger partial charge in [-0.25, -0.2) is 0 Å². The van der Waals surface area contributed by atoms with Crippen molar-refractivity contribution in [2.75, 3.05) is 66.6 Å². The van der Waals surface area contributed by atoms with Crippen LogP contribution in [0.5, 0.6) is 0 Å². The normalized spacial score (nSPS) is 12.1. The van der Waals surface area contributed by atoms with Crippen molar-refractivity contribution in [2.24, 2.45) is 23.7 Å². The van der Waals surface area contributed by atoms with Crippen molar-refractivity contribution in [1.82, 2.24) is 40.9 Å². The Morgan fingerprint density at radius 3 is 0.689 bits per heavy atom. The maximum Gasteiger partial charge on any atom is 0.306 e. The molecule has 0 aromatic heterocycles. The summed E-state index contributed by atoms with van der Waals surface area (Å²) in [5.74, 6) is -7.44. The molecule has 8 amide bonds. The van der Waals surface area contributed by atoms with E-state index in [1.807, 2.05) is 177 Å². The average Bonchev–Trinajstić information content (AvgIpc) is 0.849. The maximum atomic E-state index is 15.4. The molecule has 0 bridgehead atoms. The van der Waals surface area contributed by atoms with Gasteiger partial charge in [0.25, 0.3) is 0 Å². The number of hydrogen-bond acceptors (Lipinski definition) is 20. The van der Waals surface area contributed by atoms with Gasteiger partial charge in [0, 0.05) is 117 Å². The van der Waals surface area contributed by atoms with Crippen molar-refractivity contribution < 1.29 is 95.5 Å². The quantitative estimate of drug-likeness (QED) is 0.0181. The van der Waals surface area contributed by atoms with Crippen LogP contribution in [0.25, 0.3) is 0 Å². The van der Waals surface area contributed by atoms with E-state index >= 15 is 14.4 Å². The Morgan fingerprint density at radius 2 is 0.454 bits per heavy atom. The Balaban J connectivity index is 1.69. The van der Waals surface area contributed by atoms with Gasteiger partial charge < -0.3 is 69.3 Å². The molecule has 0 aliphatic heterocycles. The van der Waals surface area contributed by atoms with Crippen molar-refractivity contribution in [3.63, 3.8) is 0 Å². The zero-order chi connectivity index (χ0) is 87.3. The third-order valence-corrected chi connectivity index (χ3v) is 19.5. The van der Waals surface area contributed by atoms with Crippen molar-refractivity contribution in [1.29, 1.82) is 0 Å². The van der Waals surface area contributed by atoms with Gasteiger partial charge in [0.15, 0.2) is 0 Å². The van der Waals surface area contributed by atoms with E-state index < -0.39 is 107 Å². The third kappa shape index (κ3) is 42.6. The standard InChI is InChI=1S/C91H132N8O20/c1-66(2)58-74(89(111)93-51-25-45-83(105)115-10)96(78(100)40-23-44-82(104)114-9)54-28-42-80(102)97(55-29-43-81(103)99(57-31-49-87(109)119-65-73-38-21-14-22-39-73)77(61-69(7)8)91(113)95-53-27-47-85(107)117-63-71-34-17-12-18-35-71)75(59-67(3)4)88(110)92-50-24-41-79(101)98(56-30-48-86(108)118-64-72-36-19-13-20-37-72)76(60-68(5)6)90(112)94-52-26-46-84(106)116-62-70-32-15-11-16-33-70/h11-22,32-39,66-69,74-77H,23-31,40-65H2,1-10H3,(H,92,110)(H,93,111)(H,94,112)(H,95,113). The molecule has 28 nitrogen and oxygen atoms in total. The van der Waals surface area contributed by atoms with E-state index in [4.69, 9.17) is 28.4 Å². The van der Waals surface area contributed by atoms with Crippen LogP contribution in [0.1, 0.15) is 225 Å². The first-order chi connectivity index (χ1) is 57.1. The topological polar surface area (TPSA) is 355 Å². The predicted molar refractivity (Wildman–Crippen MR) is 449 cm³/mol. The minimum Gasteiger partial charge on any atom is -0.469 e. The molecule has 0 spiro atoms. The minimum atomic E-state index is -1.19. The van der Waals surface area contributed by atoms with Gasteiger partial charge in [-0.15, -0.1) is 0 Å². The summed E-state index contributed by atoms with van der Waals surface area (Å²) in [6, 6.07) is 32.4. The maximum absolute atomic E-state index is 15.4. The Morgan fingerprint density at radius 1 is 0.261 bits per heavy atom. The molecular weight excluding hydrogens is 1530 g/mol. The lowest BCUT2D eigenvalue weighted by molar-refractivity contribution is -0.147. The van der Waals surface area contributed by atoms with Crippen LogP contribution in [0, 0.1) is 23.7 Å². The minimum absolute atomic E-state index is 0.00466. The molecular formula is C91H132N8O20. The van der Waals surface area contributed by atoms with Gasteiger partial charge in [-0.2, -0.15) is 0 Å². The predicted octanol–water partition coefficient (Wildman–Crippen LogP) is 11.2. The first kappa shape index (κ1) is 101. The number of amides is 8. The van der Waals surface area contributed by atoms with Gasteiger partial charge in [-0.05, 0) is 129 Å². The molecule has 0 saturated heterocycles. The fourth-order valence-corrected chi connectivity index (χ4v) is 13.4. The van der Waals surface area contributed by atoms with Gasteiger partial charge in [0.1, 0.15) is 50.6 Å². The summed E-state index contributed by atoms with van der Waals surface area (Å²) >= 11 is 0. The van der Waals surface area contributed by atoms with Crippen LogP contribution in [0.15, 0.2) is 121 Å². The van der Waals surface area contributed by atoms with Gasteiger partial charge in [0.2, 0.25) is 47.3 Å². The lowest BCUT2D eigenvalue weighted by Gasteiger charge is -2.35. The van der Waals surface area contributed by atoms with Gasteiger partial charge in [0.05, 0.1) is 14.2 Å². The molecule has 119 heavy (non-hydrogen) atoms. The number of esters is 6. The third-order valence-electron chi connectivity index (χ3n) is 19.5. The molecule has 4 unspecified atom stereocenters. The van der Waals surface area contributed by atoms with Crippen LogP contribution in [-0.4, -0.2) is 193 Å². The van der Waals surface area contributed by atoms with E-state index in [2.05, 4.69) is 21.3 Å². The molecule has 4 rings (SSSR count). The average molecular weight is 1660 g/mol. The molecule has 0 aliphatic carbocycles. The number of benzene rings is 4. The van der Waals surface area contributed by atoms with E-state index in [0.29, 0.717) is 0 Å². The summed E-state index contributed by atoms with van der Waals surface area (Å²) < 4.78 is 31.7. The lowest BCUT2D eigenvalue weighted by Crippen LogP contribution is -2.52. The smallest absolute Gasteiger partial charge is 0.306 e. The fourth-order valence-electron chi connectivity index (χ4n) is 13.4. The summed E-state index contributed by atoms with van der Waals surface area (Å²) in [6.45, 7) is 15.2. The van der Waals surface area contributed by atoms with Gasteiger partial charge in [-0.3, -0.25) is 67.1 Å². The summed E-state index contributed by atoms with van der Waals surface area (Å²) in [5.41, 5.74) is 3.21. The largest absolute Gasteiger partial charge is 0.469 e. The molecule has 4 aromatic carbocycles. The number of methoxy groups -OCH3 is 2.